The zero-order chi connectivity index (χ0) is 21.0. The van der Waals surface area contributed by atoms with Crippen LogP contribution in [0.25, 0.3) is 5.69 Å². The SMILES string of the molecule is Cc1cc(/C=N\NC(=O)C(=O)Nc2ccc(Cl)cc2)c(C)n1-c1ccccc1F. The lowest BCUT2D eigenvalue weighted by atomic mass is 10.2. The summed E-state index contributed by atoms with van der Waals surface area (Å²) in [5.74, 6) is -2.12. The maximum Gasteiger partial charge on any atom is 0.329 e. The predicted octanol–water partition coefficient (Wildman–Crippen LogP) is 3.98. The number of amides is 2. The van der Waals surface area contributed by atoms with Crippen molar-refractivity contribution in [3.63, 3.8) is 0 Å². The van der Waals surface area contributed by atoms with Crippen molar-refractivity contribution in [3.05, 3.63) is 82.4 Å². The summed E-state index contributed by atoms with van der Waals surface area (Å²) in [6.07, 6.45) is 1.41. The van der Waals surface area contributed by atoms with Gasteiger partial charge in [-0.2, -0.15) is 5.10 Å². The highest BCUT2D eigenvalue weighted by Crippen LogP contribution is 2.21. The fourth-order valence-corrected chi connectivity index (χ4v) is 2.98. The Morgan fingerprint density at radius 3 is 2.45 bits per heavy atom. The topological polar surface area (TPSA) is 75.5 Å². The van der Waals surface area contributed by atoms with Gasteiger partial charge in [-0.3, -0.25) is 9.59 Å². The molecule has 2 N–H and O–H groups in total. The number of benzene rings is 2. The molecular weight excluding hydrogens is 395 g/mol. The number of hydrogen-bond donors (Lipinski definition) is 2. The lowest BCUT2D eigenvalue weighted by Crippen LogP contribution is -2.32. The van der Waals surface area contributed by atoms with Crippen molar-refractivity contribution in [1.29, 1.82) is 0 Å². The molecule has 2 amide bonds. The third-order valence-corrected chi connectivity index (χ3v) is 4.49. The maximum absolute atomic E-state index is 14.1. The quantitative estimate of drug-likeness (QED) is 0.386. The van der Waals surface area contributed by atoms with Gasteiger partial charge in [0.25, 0.3) is 0 Å². The van der Waals surface area contributed by atoms with Crippen LogP contribution in [0.2, 0.25) is 5.02 Å². The number of para-hydroxylation sites is 1. The van der Waals surface area contributed by atoms with Gasteiger partial charge in [-0.15, -0.1) is 0 Å². The van der Waals surface area contributed by atoms with Gasteiger partial charge >= 0.3 is 11.8 Å². The van der Waals surface area contributed by atoms with Crippen molar-refractivity contribution < 1.29 is 14.0 Å². The van der Waals surface area contributed by atoms with E-state index in [1.165, 1.54) is 12.3 Å². The zero-order valence-corrected chi connectivity index (χ0v) is 16.5. The van der Waals surface area contributed by atoms with Crippen LogP contribution in [0, 0.1) is 19.7 Å². The molecule has 2 aromatic carbocycles. The standard InChI is InChI=1S/C21H18ClFN4O2/c1-13-11-15(14(2)27(13)19-6-4-3-5-18(19)23)12-24-26-21(29)20(28)25-17-9-7-16(22)8-10-17/h3-12H,1-2H3,(H,25,28)(H,26,29)/b24-12-. The molecule has 148 valence electrons. The second kappa shape index (κ2) is 8.70. The van der Waals surface area contributed by atoms with Gasteiger partial charge < -0.3 is 9.88 Å². The Labute approximate surface area is 172 Å². The van der Waals surface area contributed by atoms with Crippen molar-refractivity contribution in [2.75, 3.05) is 5.32 Å². The second-order valence-electron chi connectivity index (χ2n) is 6.27. The molecule has 0 fully saturated rings. The Morgan fingerprint density at radius 2 is 1.76 bits per heavy atom. The largest absolute Gasteiger partial charge is 0.329 e. The summed E-state index contributed by atoms with van der Waals surface area (Å²) in [5, 5.41) is 6.80. The monoisotopic (exact) mass is 412 g/mol. The van der Waals surface area contributed by atoms with Gasteiger partial charge in [0.05, 0.1) is 11.9 Å². The number of nitrogens with zero attached hydrogens (tertiary/aromatic N) is 2. The van der Waals surface area contributed by atoms with E-state index in [4.69, 9.17) is 11.6 Å². The fourth-order valence-electron chi connectivity index (χ4n) is 2.85. The number of rotatable bonds is 4. The van der Waals surface area contributed by atoms with Gasteiger partial charge in [0.2, 0.25) is 0 Å². The lowest BCUT2D eigenvalue weighted by Gasteiger charge is -2.10. The van der Waals surface area contributed by atoms with E-state index < -0.39 is 11.8 Å². The Kier molecular flexibility index (Phi) is 6.09. The highest BCUT2D eigenvalue weighted by Gasteiger charge is 2.14. The van der Waals surface area contributed by atoms with Gasteiger partial charge in [-0.25, -0.2) is 9.82 Å². The van der Waals surface area contributed by atoms with E-state index in [2.05, 4.69) is 15.8 Å². The molecule has 29 heavy (non-hydrogen) atoms. The second-order valence-corrected chi connectivity index (χ2v) is 6.71. The number of carbonyl (C=O) groups is 2. The molecule has 0 aliphatic carbocycles. The molecule has 3 rings (SSSR count). The fraction of sp³-hybridized carbons (Fsp3) is 0.0952. The van der Waals surface area contributed by atoms with Crippen LogP contribution in [-0.4, -0.2) is 22.6 Å². The molecule has 0 radical (unpaired) electrons. The number of aromatic nitrogens is 1. The summed E-state index contributed by atoms with van der Waals surface area (Å²) < 4.78 is 15.9. The predicted molar refractivity (Wildman–Crippen MR) is 111 cm³/mol. The molecule has 8 heteroatoms. The minimum Gasteiger partial charge on any atom is -0.318 e. The molecule has 0 bridgehead atoms. The van der Waals surface area contributed by atoms with Gasteiger partial charge in [0.1, 0.15) is 5.82 Å². The van der Waals surface area contributed by atoms with Crippen molar-refractivity contribution >= 4 is 35.3 Å². The van der Waals surface area contributed by atoms with Gasteiger partial charge in [-0.05, 0) is 56.3 Å². The third-order valence-electron chi connectivity index (χ3n) is 4.24. The summed E-state index contributed by atoms with van der Waals surface area (Å²) in [4.78, 5) is 23.8. The number of anilines is 1. The van der Waals surface area contributed by atoms with Gasteiger partial charge in [0, 0.05) is 27.7 Å². The number of nitrogens with one attached hydrogen (secondary N) is 2. The number of aryl methyl sites for hydroxylation is 1. The van der Waals surface area contributed by atoms with Crippen LogP contribution in [0.4, 0.5) is 10.1 Å². The Morgan fingerprint density at radius 1 is 1.07 bits per heavy atom. The van der Waals surface area contributed by atoms with Crippen LogP contribution < -0.4 is 10.7 Å². The van der Waals surface area contributed by atoms with Crippen molar-refractivity contribution in [2.24, 2.45) is 5.10 Å². The van der Waals surface area contributed by atoms with Crippen LogP contribution in [0.1, 0.15) is 17.0 Å². The van der Waals surface area contributed by atoms with E-state index >= 15 is 0 Å². The van der Waals surface area contributed by atoms with Crippen LogP contribution in [0.15, 0.2) is 59.7 Å². The lowest BCUT2D eigenvalue weighted by molar-refractivity contribution is -0.136. The molecule has 6 nitrogen and oxygen atoms in total. The van der Waals surface area contributed by atoms with E-state index in [1.54, 1.807) is 47.0 Å². The maximum atomic E-state index is 14.1. The summed E-state index contributed by atoms with van der Waals surface area (Å²) in [6, 6.07) is 14.6. The highest BCUT2D eigenvalue weighted by molar-refractivity contribution is 6.39. The Balaban J connectivity index is 1.68. The molecule has 0 saturated heterocycles. The summed E-state index contributed by atoms with van der Waals surface area (Å²) in [7, 11) is 0. The molecule has 0 aliphatic rings. The first-order chi connectivity index (χ1) is 13.9. The van der Waals surface area contributed by atoms with Crippen LogP contribution in [-0.2, 0) is 9.59 Å². The molecule has 0 aliphatic heterocycles. The smallest absolute Gasteiger partial charge is 0.318 e. The number of carbonyl (C=O) groups excluding carboxylic acids is 2. The first-order valence-corrected chi connectivity index (χ1v) is 9.08. The first-order valence-electron chi connectivity index (χ1n) is 8.70. The van der Waals surface area contributed by atoms with Gasteiger partial charge in [-0.1, -0.05) is 23.7 Å². The van der Waals surface area contributed by atoms with Crippen molar-refractivity contribution in [1.82, 2.24) is 9.99 Å². The Bertz CT molecular complexity index is 1090. The molecule has 3 aromatic rings. The average Bonchev–Trinajstić information content (AvgIpc) is 2.97. The molecule has 0 atom stereocenters. The van der Waals surface area contributed by atoms with E-state index in [0.717, 1.165) is 11.4 Å². The van der Waals surface area contributed by atoms with E-state index in [9.17, 15) is 14.0 Å². The minimum atomic E-state index is -0.917. The van der Waals surface area contributed by atoms with Crippen molar-refractivity contribution in [3.8, 4) is 5.69 Å². The Hall–Kier alpha value is -3.45. The number of hydrogen-bond acceptors (Lipinski definition) is 3. The van der Waals surface area contributed by atoms with Crippen LogP contribution in [0.3, 0.4) is 0 Å². The zero-order valence-electron chi connectivity index (χ0n) is 15.7. The van der Waals surface area contributed by atoms with Crippen molar-refractivity contribution in [2.45, 2.75) is 13.8 Å². The molecule has 0 unspecified atom stereocenters. The average molecular weight is 413 g/mol. The normalized spacial score (nSPS) is 10.9. The summed E-state index contributed by atoms with van der Waals surface area (Å²) >= 11 is 5.78. The van der Waals surface area contributed by atoms with E-state index in [-0.39, 0.29) is 5.82 Å². The van der Waals surface area contributed by atoms with Crippen LogP contribution in [0.5, 0.6) is 0 Å². The molecular formula is C21H18ClFN4O2. The first kappa shape index (κ1) is 20.3. The number of halogens is 2. The van der Waals surface area contributed by atoms with Crippen LogP contribution >= 0.6 is 11.6 Å². The number of hydrazone groups is 1. The molecule has 1 aromatic heterocycles. The third kappa shape index (κ3) is 4.70. The van der Waals surface area contributed by atoms with E-state index in [0.29, 0.717) is 22.0 Å². The molecule has 0 spiro atoms. The summed E-state index contributed by atoms with van der Waals surface area (Å²) in [6.45, 7) is 3.66. The molecule has 1 heterocycles. The molecule has 0 saturated carbocycles. The van der Waals surface area contributed by atoms with Gasteiger partial charge in [0.15, 0.2) is 0 Å². The van der Waals surface area contributed by atoms with E-state index in [1.807, 2.05) is 19.9 Å². The highest BCUT2D eigenvalue weighted by atomic mass is 35.5. The summed E-state index contributed by atoms with van der Waals surface area (Å²) in [5.41, 5.74) is 5.28. The minimum absolute atomic E-state index is 0.343.